The van der Waals surface area contributed by atoms with Gasteiger partial charge in [-0.05, 0) is 29.2 Å². The zero-order valence-electron chi connectivity index (χ0n) is 19.2. The van der Waals surface area contributed by atoms with E-state index in [1.54, 1.807) is 36.4 Å². The number of hydrogen-bond acceptors (Lipinski definition) is 7. The predicted octanol–water partition coefficient (Wildman–Crippen LogP) is 4.65. The van der Waals surface area contributed by atoms with Gasteiger partial charge in [-0.1, -0.05) is 61.3 Å². The second kappa shape index (κ2) is 9.88. The molecule has 1 fully saturated rings. The molecule has 186 valence electrons. The van der Waals surface area contributed by atoms with Gasteiger partial charge in [-0.2, -0.15) is 0 Å². The van der Waals surface area contributed by atoms with Crippen LogP contribution < -0.4 is 10.5 Å². The molecular formula is C23H24Cl2N4O6. The molecule has 0 radical (unpaired) electrons. The Bertz CT molecular complexity index is 1270. The molecule has 2 N–H and O–H groups in total. The Labute approximate surface area is 210 Å². The van der Waals surface area contributed by atoms with Crippen LogP contribution in [0.15, 0.2) is 45.7 Å². The van der Waals surface area contributed by atoms with Crippen molar-refractivity contribution in [2.75, 3.05) is 13.1 Å². The van der Waals surface area contributed by atoms with Gasteiger partial charge in [0, 0.05) is 6.07 Å². The Kier molecular flexibility index (Phi) is 7.07. The summed E-state index contributed by atoms with van der Waals surface area (Å²) in [6.07, 6.45) is -3.00. The van der Waals surface area contributed by atoms with Gasteiger partial charge in [0.2, 0.25) is 11.7 Å². The van der Waals surface area contributed by atoms with Gasteiger partial charge in [-0.25, -0.2) is 14.6 Å². The highest BCUT2D eigenvalue weighted by molar-refractivity contribution is 6.42. The number of nitrogens with zero attached hydrogens (tertiary/aromatic N) is 3. The van der Waals surface area contributed by atoms with Crippen LogP contribution in [0.5, 0.6) is 5.88 Å². The molecule has 1 aromatic carbocycles. The highest BCUT2D eigenvalue weighted by atomic mass is 35.5. The normalized spacial score (nSPS) is 20.9. The van der Waals surface area contributed by atoms with Crippen molar-refractivity contribution in [3.63, 3.8) is 0 Å². The quantitative estimate of drug-likeness (QED) is 0.506. The average Bonchev–Trinajstić information content (AvgIpc) is 3.12. The fourth-order valence-corrected chi connectivity index (χ4v) is 4.03. The standard InChI is InChI=1S/C23H24Cl2N4O6/c1-23(2,3)17-11-29(22(31)32)10-16(19(34-17)12-7-8-13(24)14(25)9-12)33-18-6-4-5-15(26-18)20-27-21(30)35-28-20/h4-9,16-17,19H,10-11H2,1-3H3,(H,31,32)(H,27,28,30). The lowest BCUT2D eigenvalue weighted by Crippen LogP contribution is -2.43. The predicted molar refractivity (Wildman–Crippen MR) is 128 cm³/mol. The Balaban J connectivity index is 1.73. The van der Waals surface area contributed by atoms with Crippen molar-refractivity contribution in [1.29, 1.82) is 0 Å². The highest BCUT2D eigenvalue weighted by Gasteiger charge is 2.41. The molecule has 2 aromatic heterocycles. The van der Waals surface area contributed by atoms with Crippen molar-refractivity contribution in [1.82, 2.24) is 20.0 Å². The second-order valence-electron chi connectivity index (χ2n) is 9.23. The molecule has 12 heteroatoms. The smallest absolute Gasteiger partial charge is 0.439 e. The van der Waals surface area contributed by atoms with Crippen molar-refractivity contribution < 1.29 is 23.9 Å². The number of halogens is 2. The summed E-state index contributed by atoms with van der Waals surface area (Å²) in [4.78, 5) is 31.5. The fraction of sp³-hybridized carbons (Fsp3) is 0.391. The summed E-state index contributed by atoms with van der Waals surface area (Å²) in [5.74, 6) is -0.390. The van der Waals surface area contributed by atoms with Gasteiger partial charge < -0.3 is 19.5 Å². The van der Waals surface area contributed by atoms with E-state index in [0.717, 1.165) is 0 Å². The van der Waals surface area contributed by atoms with E-state index < -0.39 is 30.2 Å². The number of carboxylic acid groups (broad SMARTS) is 1. The minimum absolute atomic E-state index is 0.0134. The van der Waals surface area contributed by atoms with Crippen molar-refractivity contribution in [2.45, 2.75) is 39.1 Å². The van der Waals surface area contributed by atoms with Gasteiger partial charge in [-0.15, -0.1) is 0 Å². The Hall–Kier alpha value is -3.08. The van der Waals surface area contributed by atoms with Crippen molar-refractivity contribution in [3.8, 4) is 17.4 Å². The summed E-state index contributed by atoms with van der Waals surface area (Å²) in [6.45, 7) is 6.11. The molecule has 0 saturated carbocycles. The minimum Gasteiger partial charge on any atom is -0.469 e. The SMILES string of the molecule is CC(C)(C)C1CN(C(=O)O)CC(Oc2cccc(-c3noc(=O)[nH]3)n2)C(c2ccc(Cl)c(Cl)c2)O1. The maximum absolute atomic E-state index is 12.1. The Morgan fingerprint density at radius 3 is 2.60 bits per heavy atom. The molecule has 0 spiro atoms. The van der Waals surface area contributed by atoms with E-state index in [-0.39, 0.29) is 30.2 Å². The van der Waals surface area contributed by atoms with Crippen LogP contribution in [0.3, 0.4) is 0 Å². The van der Waals surface area contributed by atoms with E-state index in [9.17, 15) is 14.7 Å². The van der Waals surface area contributed by atoms with Crippen molar-refractivity contribution >= 4 is 29.3 Å². The second-order valence-corrected chi connectivity index (χ2v) is 10.0. The number of pyridine rings is 1. The third-order valence-electron chi connectivity index (χ3n) is 5.62. The van der Waals surface area contributed by atoms with E-state index >= 15 is 0 Å². The summed E-state index contributed by atoms with van der Waals surface area (Å²) < 4.78 is 17.3. The van der Waals surface area contributed by atoms with Crippen molar-refractivity contribution in [3.05, 3.63) is 62.6 Å². The monoisotopic (exact) mass is 522 g/mol. The molecule has 3 heterocycles. The molecule has 10 nitrogen and oxygen atoms in total. The van der Waals surface area contributed by atoms with Gasteiger partial charge in [0.25, 0.3) is 0 Å². The summed E-state index contributed by atoms with van der Waals surface area (Å²) in [5, 5.41) is 14.2. The van der Waals surface area contributed by atoms with Crippen molar-refractivity contribution in [2.24, 2.45) is 5.41 Å². The number of amides is 1. The first-order valence-corrected chi connectivity index (χ1v) is 11.5. The lowest BCUT2D eigenvalue weighted by atomic mass is 9.88. The molecule has 3 atom stereocenters. The number of nitrogens with one attached hydrogen (secondary N) is 1. The zero-order chi connectivity index (χ0) is 25.3. The molecular weight excluding hydrogens is 499 g/mol. The maximum atomic E-state index is 12.1. The van der Waals surface area contributed by atoms with Crippen LogP contribution in [-0.2, 0) is 4.74 Å². The molecule has 0 aliphatic carbocycles. The van der Waals surface area contributed by atoms with E-state index in [4.69, 9.17) is 32.7 Å². The molecule has 1 aliphatic heterocycles. The summed E-state index contributed by atoms with van der Waals surface area (Å²) in [6, 6.07) is 10.0. The number of aromatic nitrogens is 3. The van der Waals surface area contributed by atoms with Crippen LogP contribution in [0.4, 0.5) is 4.79 Å². The summed E-state index contributed by atoms with van der Waals surface area (Å²) in [7, 11) is 0. The highest BCUT2D eigenvalue weighted by Crippen LogP contribution is 2.37. The van der Waals surface area contributed by atoms with Gasteiger partial charge >= 0.3 is 11.8 Å². The summed E-state index contributed by atoms with van der Waals surface area (Å²) >= 11 is 12.4. The number of aromatic amines is 1. The average molecular weight is 523 g/mol. The molecule has 1 saturated heterocycles. The van der Waals surface area contributed by atoms with E-state index in [0.29, 0.717) is 21.3 Å². The van der Waals surface area contributed by atoms with Gasteiger partial charge in [-0.3, -0.25) is 9.51 Å². The number of H-pyrrole nitrogens is 1. The van der Waals surface area contributed by atoms with Gasteiger partial charge in [0.15, 0.2) is 0 Å². The third kappa shape index (κ3) is 5.77. The van der Waals surface area contributed by atoms with E-state index in [1.807, 2.05) is 20.8 Å². The van der Waals surface area contributed by atoms with Gasteiger partial charge in [0.1, 0.15) is 17.9 Å². The minimum atomic E-state index is -1.09. The zero-order valence-corrected chi connectivity index (χ0v) is 20.7. The van der Waals surface area contributed by atoms with E-state index in [1.165, 1.54) is 4.90 Å². The van der Waals surface area contributed by atoms with Crippen LogP contribution >= 0.6 is 23.2 Å². The first-order chi connectivity index (χ1) is 16.5. The number of hydrogen-bond donors (Lipinski definition) is 2. The number of carbonyl (C=O) groups is 1. The van der Waals surface area contributed by atoms with Crippen LogP contribution in [0.25, 0.3) is 11.5 Å². The Morgan fingerprint density at radius 2 is 1.97 bits per heavy atom. The first-order valence-electron chi connectivity index (χ1n) is 10.8. The molecule has 3 aromatic rings. The van der Waals surface area contributed by atoms with Crippen LogP contribution in [0.2, 0.25) is 10.0 Å². The van der Waals surface area contributed by atoms with Crippen LogP contribution in [-0.4, -0.2) is 56.5 Å². The van der Waals surface area contributed by atoms with Gasteiger partial charge in [0.05, 0.1) is 29.2 Å². The Morgan fingerprint density at radius 1 is 1.20 bits per heavy atom. The van der Waals surface area contributed by atoms with E-state index in [2.05, 4.69) is 19.6 Å². The lowest BCUT2D eigenvalue weighted by molar-refractivity contribution is -0.0911. The maximum Gasteiger partial charge on any atom is 0.439 e. The molecule has 1 amide bonds. The topological polar surface area (TPSA) is 131 Å². The van der Waals surface area contributed by atoms with Crippen LogP contribution in [0.1, 0.15) is 32.4 Å². The van der Waals surface area contributed by atoms with Crippen LogP contribution in [0, 0.1) is 5.41 Å². The molecule has 35 heavy (non-hydrogen) atoms. The molecule has 1 aliphatic rings. The molecule has 0 bridgehead atoms. The lowest BCUT2D eigenvalue weighted by Gasteiger charge is -2.34. The first kappa shape index (κ1) is 25.0. The largest absolute Gasteiger partial charge is 0.469 e. The summed E-state index contributed by atoms with van der Waals surface area (Å²) in [5.41, 5.74) is 0.633. The molecule has 3 unspecified atom stereocenters. The number of rotatable bonds is 4. The molecule has 4 rings (SSSR count). The number of benzene rings is 1. The fourth-order valence-electron chi connectivity index (χ4n) is 3.72. The third-order valence-corrected chi connectivity index (χ3v) is 6.36. The number of ether oxygens (including phenoxy) is 2.